The van der Waals surface area contributed by atoms with E-state index in [9.17, 15) is 5.11 Å². The Bertz CT molecular complexity index is 453. The molecule has 0 aliphatic rings. The predicted octanol–water partition coefficient (Wildman–Crippen LogP) is 0.648. The van der Waals surface area contributed by atoms with Crippen LogP contribution in [-0.4, -0.2) is 25.9 Å². The van der Waals surface area contributed by atoms with Crippen molar-refractivity contribution in [2.24, 2.45) is 5.73 Å². The number of aliphatic hydroxyl groups is 1. The van der Waals surface area contributed by atoms with Crippen LogP contribution in [0, 0.1) is 0 Å². The number of nitrogens with zero attached hydrogens (tertiary/aromatic N) is 3. The van der Waals surface area contributed by atoms with Gasteiger partial charge < -0.3 is 10.8 Å². The molecule has 2 rings (SSSR count). The number of nitrogens with two attached hydrogens (primary N) is 1. The molecule has 1 aromatic carbocycles. The third kappa shape index (κ3) is 2.10. The summed E-state index contributed by atoms with van der Waals surface area (Å²) in [5, 5.41) is 13.9. The minimum absolute atomic E-state index is 0.300. The second-order valence-electron chi connectivity index (χ2n) is 3.74. The van der Waals surface area contributed by atoms with Gasteiger partial charge in [-0.25, -0.2) is 9.67 Å². The Labute approximate surface area is 93.5 Å². The molecule has 0 aliphatic heterocycles. The molecule has 16 heavy (non-hydrogen) atoms. The molecule has 0 saturated heterocycles. The summed E-state index contributed by atoms with van der Waals surface area (Å²) in [6.07, 6.45) is 2.41. The van der Waals surface area contributed by atoms with Gasteiger partial charge in [-0.05, 0) is 24.6 Å². The highest BCUT2D eigenvalue weighted by Crippen LogP contribution is 2.18. The van der Waals surface area contributed by atoms with Crippen LogP contribution < -0.4 is 5.73 Å². The lowest BCUT2D eigenvalue weighted by Gasteiger charge is -2.15. The van der Waals surface area contributed by atoms with Crippen LogP contribution in [0.4, 0.5) is 0 Å². The number of hydrogen-bond acceptors (Lipinski definition) is 4. The zero-order valence-electron chi connectivity index (χ0n) is 8.99. The molecule has 2 aromatic rings. The molecule has 3 N–H and O–H groups in total. The Balaban J connectivity index is 2.34. The summed E-state index contributed by atoms with van der Waals surface area (Å²) in [4.78, 5) is 3.87. The van der Waals surface area contributed by atoms with Crippen LogP contribution in [0.2, 0.25) is 0 Å². The van der Waals surface area contributed by atoms with Gasteiger partial charge in [0.05, 0.1) is 11.8 Å². The number of rotatable bonds is 3. The highest BCUT2D eigenvalue weighted by Gasteiger charge is 2.12. The normalized spacial score (nSPS) is 14.7. The van der Waals surface area contributed by atoms with E-state index in [2.05, 4.69) is 10.1 Å². The molecule has 0 radical (unpaired) electrons. The van der Waals surface area contributed by atoms with Crippen molar-refractivity contribution < 1.29 is 5.11 Å². The number of aromatic nitrogens is 3. The Morgan fingerprint density at radius 2 is 2.25 bits per heavy atom. The molecular weight excluding hydrogens is 204 g/mol. The Morgan fingerprint density at radius 3 is 2.88 bits per heavy atom. The van der Waals surface area contributed by atoms with E-state index in [1.165, 1.54) is 6.33 Å². The zero-order valence-corrected chi connectivity index (χ0v) is 8.99. The third-order valence-corrected chi connectivity index (χ3v) is 2.39. The molecule has 2 atom stereocenters. The van der Waals surface area contributed by atoms with Gasteiger partial charge in [-0.3, -0.25) is 0 Å². The summed E-state index contributed by atoms with van der Waals surface area (Å²) in [6.45, 7) is 1.77. The smallest absolute Gasteiger partial charge is 0.138 e. The van der Waals surface area contributed by atoms with Crippen molar-refractivity contribution in [2.75, 3.05) is 0 Å². The molecule has 0 bridgehead atoms. The largest absolute Gasteiger partial charge is 0.387 e. The first-order chi connectivity index (χ1) is 7.68. The molecule has 1 aromatic heterocycles. The second-order valence-corrected chi connectivity index (χ2v) is 3.74. The SMILES string of the molecule is CC(N)C(O)c1cccc(-n2cncn2)c1. The molecule has 5 nitrogen and oxygen atoms in total. The van der Waals surface area contributed by atoms with Crippen molar-refractivity contribution in [1.29, 1.82) is 0 Å². The maximum Gasteiger partial charge on any atom is 0.138 e. The highest BCUT2D eigenvalue weighted by molar-refractivity contribution is 5.35. The van der Waals surface area contributed by atoms with E-state index in [4.69, 9.17) is 5.73 Å². The quantitative estimate of drug-likeness (QED) is 0.793. The summed E-state index contributed by atoms with van der Waals surface area (Å²) in [5.74, 6) is 0. The fourth-order valence-electron chi connectivity index (χ4n) is 1.50. The standard InChI is InChI=1S/C11H14N4O/c1-8(12)11(16)9-3-2-4-10(5-9)15-7-13-6-14-15/h2-8,11,16H,12H2,1H3. The van der Waals surface area contributed by atoms with Crippen LogP contribution in [0.3, 0.4) is 0 Å². The fourth-order valence-corrected chi connectivity index (χ4v) is 1.50. The second kappa shape index (κ2) is 4.42. The van der Waals surface area contributed by atoms with Crippen LogP contribution in [0.25, 0.3) is 5.69 Å². The number of benzene rings is 1. The first-order valence-corrected chi connectivity index (χ1v) is 5.07. The van der Waals surface area contributed by atoms with E-state index in [0.29, 0.717) is 0 Å². The van der Waals surface area contributed by atoms with Gasteiger partial charge in [0.15, 0.2) is 0 Å². The fraction of sp³-hybridized carbons (Fsp3) is 0.273. The maximum atomic E-state index is 9.85. The lowest BCUT2D eigenvalue weighted by Crippen LogP contribution is -2.24. The van der Waals surface area contributed by atoms with Crippen LogP contribution in [0.5, 0.6) is 0 Å². The Morgan fingerprint density at radius 1 is 1.44 bits per heavy atom. The number of aliphatic hydroxyl groups excluding tert-OH is 1. The van der Waals surface area contributed by atoms with Crippen LogP contribution in [0.15, 0.2) is 36.9 Å². The van der Waals surface area contributed by atoms with Crippen LogP contribution in [0.1, 0.15) is 18.6 Å². The Kier molecular flexibility index (Phi) is 2.98. The van der Waals surface area contributed by atoms with E-state index in [-0.39, 0.29) is 6.04 Å². The van der Waals surface area contributed by atoms with Gasteiger partial charge in [-0.15, -0.1) is 0 Å². The summed E-state index contributed by atoms with van der Waals surface area (Å²) in [6, 6.07) is 7.15. The molecule has 0 amide bonds. The summed E-state index contributed by atoms with van der Waals surface area (Å²) in [7, 11) is 0. The van der Waals surface area contributed by atoms with E-state index in [1.54, 1.807) is 17.9 Å². The molecule has 0 aliphatic carbocycles. The molecule has 1 heterocycles. The van der Waals surface area contributed by atoms with Crippen molar-refractivity contribution in [2.45, 2.75) is 19.1 Å². The lowest BCUT2D eigenvalue weighted by molar-refractivity contribution is 0.153. The summed E-state index contributed by atoms with van der Waals surface area (Å²) in [5.41, 5.74) is 7.29. The molecule has 0 spiro atoms. The monoisotopic (exact) mass is 218 g/mol. The van der Waals surface area contributed by atoms with Crippen molar-refractivity contribution in [3.63, 3.8) is 0 Å². The molecule has 0 saturated carbocycles. The maximum absolute atomic E-state index is 9.85. The minimum Gasteiger partial charge on any atom is -0.387 e. The van der Waals surface area contributed by atoms with Crippen molar-refractivity contribution >= 4 is 0 Å². The van der Waals surface area contributed by atoms with E-state index < -0.39 is 6.10 Å². The zero-order chi connectivity index (χ0) is 11.5. The van der Waals surface area contributed by atoms with E-state index in [1.807, 2.05) is 24.3 Å². The van der Waals surface area contributed by atoms with Gasteiger partial charge in [0.2, 0.25) is 0 Å². The van der Waals surface area contributed by atoms with Gasteiger partial charge in [-0.2, -0.15) is 5.10 Å². The molecule has 2 unspecified atom stereocenters. The average Bonchev–Trinajstić information content (AvgIpc) is 2.81. The van der Waals surface area contributed by atoms with E-state index >= 15 is 0 Å². The predicted molar refractivity (Wildman–Crippen MR) is 60.0 cm³/mol. The van der Waals surface area contributed by atoms with Crippen LogP contribution in [-0.2, 0) is 0 Å². The first-order valence-electron chi connectivity index (χ1n) is 5.07. The first kappa shape index (κ1) is 10.8. The van der Waals surface area contributed by atoms with Gasteiger partial charge in [0, 0.05) is 6.04 Å². The van der Waals surface area contributed by atoms with Crippen LogP contribution >= 0.6 is 0 Å². The van der Waals surface area contributed by atoms with Crippen molar-refractivity contribution in [1.82, 2.24) is 14.8 Å². The molecule has 5 heteroatoms. The summed E-state index contributed by atoms with van der Waals surface area (Å²) >= 11 is 0. The van der Waals surface area contributed by atoms with Gasteiger partial charge in [0.1, 0.15) is 12.7 Å². The number of hydrogen-bond donors (Lipinski definition) is 2. The third-order valence-electron chi connectivity index (χ3n) is 2.39. The molecule has 0 fully saturated rings. The average molecular weight is 218 g/mol. The Hall–Kier alpha value is -1.72. The topological polar surface area (TPSA) is 77.0 Å². The van der Waals surface area contributed by atoms with Gasteiger partial charge in [-0.1, -0.05) is 12.1 Å². The lowest BCUT2D eigenvalue weighted by atomic mass is 10.0. The van der Waals surface area contributed by atoms with Crippen molar-refractivity contribution in [3.05, 3.63) is 42.5 Å². The van der Waals surface area contributed by atoms with E-state index in [0.717, 1.165) is 11.3 Å². The molecular formula is C11H14N4O. The van der Waals surface area contributed by atoms with Crippen molar-refractivity contribution in [3.8, 4) is 5.69 Å². The highest BCUT2D eigenvalue weighted by atomic mass is 16.3. The summed E-state index contributed by atoms with van der Waals surface area (Å²) < 4.78 is 1.64. The van der Waals surface area contributed by atoms with Gasteiger partial charge in [0.25, 0.3) is 0 Å². The molecule has 84 valence electrons. The minimum atomic E-state index is -0.663. The van der Waals surface area contributed by atoms with Gasteiger partial charge >= 0.3 is 0 Å².